The Bertz CT molecular complexity index is 446. The monoisotopic (exact) mass is 236 g/mol. The van der Waals surface area contributed by atoms with Gasteiger partial charge in [-0.15, -0.1) is 0 Å². The van der Waals surface area contributed by atoms with Crippen LogP contribution >= 0.6 is 0 Å². The Morgan fingerprint density at radius 3 is 2.76 bits per heavy atom. The van der Waals surface area contributed by atoms with Gasteiger partial charge in [-0.05, 0) is 55.2 Å². The number of hydrogen-bond acceptors (Lipinski definition) is 2. The number of methoxy groups -OCH3 is 1. The maximum Gasteiger partial charge on any atom is 0.165 e. The Morgan fingerprint density at radius 1 is 1.41 bits per heavy atom. The number of halogens is 1. The lowest BCUT2D eigenvalue weighted by atomic mass is 9.79. The third kappa shape index (κ3) is 1.56. The third-order valence-corrected chi connectivity index (χ3v) is 4.47. The summed E-state index contributed by atoms with van der Waals surface area (Å²) in [5.74, 6) is 0.775. The molecule has 2 aliphatic carbocycles. The van der Waals surface area contributed by atoms with E-state index in [0.29, 0.717) is 17.4 Å². The molecule has 0 radical (unpaired) electrons. The first-order chi connectivity index (χ1) is 8.13. The molecule has 0 aliphatic heterocycles. The fraction of sp³-hybridized carbons (Fsp3) is 0.571. The average Bonchev–Trinajstić information content (AvgIpc) is 2.89. The molecule has 3 unspecified atom stereocenters. The van der Waals surface area contributed by atoms with Gasteiger partial charge in [0, 0.05) is 0 Å². The topological polar surface area (TPSA) is 29.5 Å². The highest BCUT2D eigenvalue weighted by molar-refractivity contribution is 5.34. The van der Waals surface area contributed by atoms with Crippen molar-refractivity contribution in [2.24, 2.45) is 11.8 Å². The lowest BCUT2D eigenvalue weighted by Gasteiger charge is -2.33. The van der Waals surface area contributed by atoms with Crippen molar-refractivity contribution in [2.75, 3.05) is 7.11 Å². The van der Waals surface area contributed by atoms with E-state index in [1.165, 1.54) is 19.6 Å². The summed E-state index contributed by atoms with van der Waals surface area (Å²) in [6.07, 6.45) is 4.15. The molecule has 2 nitrogen and oxygen atoms in total. The molecule has 2 fully saturated rings. The van der Waals surface area contributed by atoms with E-state index in [1.807, 2.05) is 0 Å². The first-order valence-electron chi connectivity index (χ1n) is 6.20. The Morgan fingerprint density at radius 2 is 2.24 bits per heavy atom. The maximum atomic E-state index is 13.7. The van der Waals surface area contributed by atoms with Crippen LogP contribution in [0.4, 0.5) is 4.39 Å². The van der Waals surface area contributed by atoms with Crippen molar-refractivity contribution in [2.45, 2.75) is 31.3 Å². The van der Waals surface area contributed by atoms with Gasteiger partial charge in [0.15, 0.2) is 11.6 Å². The molecule has 3 atom stereocenters. The Balaban J connectivity index is 1.96. The number of ether oxygens (including phenoxy) is 1. The van der Waals surface area contributed by atoms with E-state index in [-0.39, 0.29) is 11.6 Å². The molecule has 3 rings (SSSR count). The van der Waals surface area contributed by atoms with Crippen LogP contribution in [-0.4, -0.2) is 12.2 Å². The average molecular weight is 236 g/mol. The largest absolute Gasteiger partial charge is 0.494 e. The van der Waals surface area contributed by atoms with Crippen LogP contribution in [0.15, 0.2) is 18.2 Å². The van der Waals surface area contributed by atoms with Gasteiger partial charge in [0.1, 0.15) is 0 Å². The normalized spacial score (nSPS) is 35.2. The number of fused-ring (bicyclic) bond motifs is 2. The number of hydrogen-bond donors (Lipinski definition) is 1. The standard InChI is InChI=1S/C14H17FO2/c1-17-13-5-4-11(7-12(13)15)14(16)8-9-2-3-10(14)6-9/h4-5,7,9-10,16H,2-3,6,8H2,1H3. The highest BCUT2D eigenvalue weighted by atomic mass is 19.1. The molecule has 0 aromatic heterocycles. The van der Waals surface area contributed by atoms with Crippen LogP contribution in [0, 0.1) is 17.7 Å². The Hall–Kier alpha value is -1.09. The first-order valence-corrected chi connectivity index (χ1v) is 6.20. The summed E-state index contributed by atoms with van der Waals surface area (Å²) in [4.78, 5) is 0. The van der Waals surface area contributed by atoms with Crippen LogP contribution in [0.1, 0.15) is 31.2 Å². The molecule has 2 bridgehead atoms. The summed E-state index contributed by atoms with van der Waals surface area (Å²) in [6.45, 7) is 0. The highest BCUT2D eigenvalue weighted by Gasteiger charge is 2.50. The van der Waals surface area contributed by atoms with E-state index in [2.05, 4.69) is 0 Å². The van der Waals surface area contributed by atoms with E-state index in [4.69, 9.17) is 4.74 Å². The van der Waals surface area contributed by atoms with Crippen LogP contribution < -0.4 is 4.74 Å². The van der Waals surface area contributed by atoms with E-state index < -0.39 is 5.60 Å². The zero-order valence-corrected chi connectivity index (χ0v) is 9.95. The zero-order valence-electron chi connectivity index (χ0n) is 9.95. The van der Waals surface area contributed by atoms with Gasteiger partial charge in [-0.1, -0.05) is 6.07 Å². The van der Waals surface area contributed by atoms with Crippen molar-refractivity contribution >= 4 is 0 Å². The van der Waals surface area contributed by atoms with Crippen molar-refractivity contribution in [3.8, 4) is 5.75 Å². The van der Waals surface area contributed by atoms with Gasteiger partial charge in [-0.2, -0.15) is 0 Å². The molecule has 1 N–H and O–H groups in total. The smallest absolute Gasteiger partial charge is 0.165 e. The van der Waals surface area contributed by atoms with Crippen LogP contribution in [0.25, 0.3) is 0 Å². The summed E-state index contributed by atoms with van der Waals surface area (Å²) in [7, 11) is 1.45. The molecule has 1 aromatic rings. The second-order valence-corrected chi connectivity index (χ2v) is 5.35. The SMILES string of the molecule is COc1ccc(C2(O)CC3CCC2C3)cc1F. The number of benzene rings is 1. The van der Waals surface area contributed by atoms with E-state index in [9.17, 15) is 9.50 Å². The number of rotatable bonds is 2. The lowest BCUT2D eigenvalue weighted by Crippen LogP contribution is -2.32. The molecule has 0 spiro atoms. The highest BCUT2D eigenvalue weighted by Crippen LogP contribution is 2.55. The first kappa shape index (κ1) is 11.0. The summed E-state index contributed by atoms with van der Waals surface area (Å²) in [6, 6.07) is 4.83. The fourth-order valence-corrected chi connectivity index (χ4v) is 3.59. The van der Waals surface area contributed by atoms with Crippen LogP contribution in [0.5, 0.6) is 5.75 Å². The predicted octanol–water partition coefficient (Wildman–Crippen LogP) is 2.84. The second kappa shape index (κ2) is 3.70. The molecule has 17 heavy (non-hydrogen) atoms. The molecule has 3 heteroatoms. The Kier molecular flexibility index (Phi) is 2.40. The minimum absolute atomic E-state index is 0.237. The van der Waals surface area contributed by atoms with E-state index in [0.717, 1.165) is 19.3 Å². The minimum atomic E-state index is -0.809. The Labute approximate surface area is 100 Å². The third-order valence-electron chi connectivity index (χ3n) is 4.47. The number of aliphatic hydroxyl groups is 1. The van der Waals surface area contributed by atoms with Crippen molar-refractivity contribution in [3.63, 3.8) is 0 Å². The molecule has 92 valence electrons. The second-order valence-electron chi connectivity index (χ2n) is 5.35. The van der Waals surface area contributed by atoms with E-state index >= 15 is 0 Å². The van der Waals surface area contributed by atoms with Crippen molar-refractivity contribution in [1.29, 1.82) is 0 Å². The van der Waals surface area contributed by atoms with Crippen LogP contribution in [0.3, 0.4) is 0 Å². The quantitative estimate of drug-likeness (QED) is 0.855. The summed E-state index contributed by atoms with van der Waals surface area (Å²) < 4.78 is 18.6. The fourth-order valence-electron chi connectivity index (χ4n) is 3.59. The van der Waals surface area contributed by atoms with Gasteiger partial charge in [0.25, 0.3) is 0 Å². The lowest BCUT2D eigenvalue weighted by molar-refractivity contribution is -0.0185. The van der Waals surface area contributed by atoms with Crippen molar-refractivity contribution in [3.05, 3.63) is 29.6 Å². The minimum Gasteiger partial charge on any atom is -0.494 e. The van der Waals surface area contributed by atoms with Gasteiger partial charge >= 0.3 is 0 Å². The van der Waals surface area contributed by atoms with Crippen molar-refractivity contribution < 1.29 is 14.2 Å². The summed E-state index contributed by atoms with van der Waals surface area (Å²) in [5, 5.41) is 10.7. The van der Waals surface area contributed by atoms with Crippen molar-refractivity contribution in [1.82, 2.24) is 0 Å². The molecular formula is C14H17FO2. The summed E-state index contributed by atoms with van der Waals surface area (Å²) >= 11 is 0. The molecule has 2 aliphatic rings. The van der Waals surface area contributed by atoms with Gasteiger partial charge in [-0.3, -0.25) is 0 Å². The maximum absolute atomic E-state index is 13.7. The molecular weight excluding hydrogens is 219 g/mol. The molecule has 2 saturated carbocycles. The van der Waals surface area contributed by atoms with Gasteiger partial charge in [0.05, 0.1) is 12.7 Å². The summed E-state index contributed by atoms with van der Waals surface area (Å²) in [5.41, 5.74) is -0.0984. The molecule has 0 saturated heterocycles. The van der Waals surface area contributed by atoms with Gasteiger partial charge in [-0.25, -0.2) is 4.39 Å². The molecule has 0 amide bonds. The van der Waals surface area contributed by atoms with Crippen LogP contribution in [0.2, 0.25) is 0 Å². The van der Waals surface area contributed by atoms with Gasteiger partial charge in [0.2, 0.25) is 0 Å². The van der Waals surface area contributed by atoms with Crippen LogP contribution in [-0.2, 0) is 5.60 Å². The molecule has 1 aromatic carbocycles. The van der Waals surface area contributed by atoms with E-state index in [1.54, 1.807) is 12.1 Å². The van der Waals surface area contributed by atoms with Gasteiger partial charge < -0.3 is 9.84 Å². The molecule has 0 heterocycles. The zero-order chi connectivity index (χ0) is 12.0. The predicted molar refractivity (Wildman–Crippen MR) is 62.3 cm³/mol.